The zero-order valence-electron chi connectivity index (χ0n) is 11.4. The molecule has 3 nitrogen and oxygen atoms in total. The predicted molar refractivity (Wildman–Crippen MR) is 86.3 cm³/mol. The highest BCUT2D eigenvalue weighted by Gasteiger charge is 2.34. The van der Waals surface area contributed by atoms with Crippen LogP contribution in [0.1, 0.15) is 13.8 Å². The van der Waals surface area contributed by atoms with E-state index in [1.807, 2.05) is 18.3 Å². The first-order valence-electron chi connectivity index (χ1n) is 6.48. The smallest absolute Gasteiger partial charge is 0.406 e. The predicted octanol–water partition coefficient (Wildman–Crippen LogP) is 3.34. The summed E-state index contributed by atoms with van der Waals surface area (Å²) in [5.41, 5.74) is 1.07. The fourth-order valence-corrected chi connectivity index (χ4v) is 3.21. The Balaban J connectivity index is 1.76. The number of thiophene rings is 1. The molecule has 0 atom stereocenters. The fraction of sp³-hybridized carbons (Fsp3) is 0.357. The molecular formula is C14H15BBrNO2S. The van der Waals surface area contributed by atoms with Crippen molar-refractivity contribution < 1.29 is 9.31 Å². The number of pyridine rings is 1. The van der Waals surface area contributed by atoms with Gasteiger partial charge in [0.15, 0.2) is 0 Å². The van der Waals surface area contributed by atoms with Crippen LogP contribution in [0.3, 0.4) is 0 Å². The molecule has 20 heavy (non-hydrogen) atoms. The lowest BCUT2D eigenvalue weighted by Crippen LogP contribution is -2.46. The Hall–Kier alpha value is -0.685. The van der Waals surface area contributed by atoms with Crippen LogP contribution in [-0.4, -0.2) is 25.3 Å². The average Bonchev–Trinajstić information content (AvgIpc) is 2.89. The van der Waals surface area contributed by atoms with Crippen molar-refractivity contribution in [1.29, 1.82) is 0 Å². The van der Waals surface area contributed by atoms with Crippen LogP contribution in [-0.2, 0) is 9.31 Å². The quantitative estimate of drug-likeness (QED) is 0.777. The van der Waals surface area contributed by atoms with Gasteiger partial charge < -0.3 is 9.31 Å². The molecule has 1 aliphatic heterocycles. The second kappa shape index (κ2) is 5.60. The Morgan fingerprint density at radius 1 is 1.20 bits per heavy atom. The minimum absolute atomic E-state index is 0.101. The molecule has 0 saturated carbocycles. The first-order chi connectivity index (χ1) is 9.53. The van der Waals surface area contributed by atoms with E-state index in [2.05, 4.69) is 46.9 Å². The fourth-order valence-electron chi connectivity index (χ4n) is 2.00. The number of aromatic nitrogens is 1. The van der Waals surface area contributed by atoms with Crippen LogP contribution in [0.2, 0.25) is 0 Å². The maximum absolute atomic E-state index is 5.81. The van der Waals surface area contributed by atoms with E-state index in [0.717, 1.165) is 33.0 Å². The molecule has 2 aromatic heterocycles. The lowest BCUT2D eigenvalue weighted by atomic mass is 9.82. The van der Waals surface area contributed by atoms with E-state index in [1.165, 1.54) is 0 Å². The number of rotatable bonds is 2. The third-order valence-electron chi connectivity index (χ3n) is 3.09. The largest absolute Gasteiger partial charge is 0.504 e. The summed E-state index contributed by atoms with van der Waals surface area (Å²) in [6.07, 6.45) is 1.81. The van der Waals surface area contributed by atoms with E-state index in [0.29, 0.717) is 0 Å². The van der Waals surface area contributed by atoms with Gasteiger partial charge in [-0.3, -0.25) is 4.98 Å². The summed E-state index contributed by atoms with van der Waals surface area (Å²) in [5.74, 6) is 0. The highest BCUT2D eigenvalue weighted by molar-refractivity contribution is 9.10. The SMILES string of the molecule is CC1(C)COB(c2ccc(-c3ccc(Br)cn3)s2)OC1. The maximum atomic E-state index is 5.81. The molecule has 0 spiro atoms. The molecule has 3 rings (SSSR count). The number of hydrogen-bond acceptors (Lipinski definition) is 4. The third-order valence-corrected chi connectivity index (χ3v) is 4.69. The van der Waals surface area contributed by atoms with Gasteiger partial charge in [0.25, 0.3) is 0 Å². The van der Waals surface area contributed by atoms with Crippen LogP contribution in [0.25, 0.3) is 10.6 Å². The molecule has 0 amide bonds. The van der Waals surface area contributed by atoms with E-state index in [4.69, 9.17) is 9.31 Å². The zero-order chi connectivity index (χ0) is 14.2. The molecule has 1 aliphatic rings. The van der Waals surface area contributed by atoms with Gasteiger partial charge in [0.1, 0.15) is 0 Å². The van der Waals surface area contributed by atoms with Crippen molar-refractivity contribution >= 4 is 39.2 Å². The minimum Gasteiger partial charge on any atom is -0.406 e. The molecule has 0 radical (unpaired) electrons. The van der Waals surface area contributed by atoms with Gasteiger partial charge in [0.2, 0.25) is 0 Å². The summed E-state index contributed by atoms with van der Waals surface area (Å²) in [5, 5.41) is 0. The lowest BCUT2D eigenvalue weighted by Gasteiger charge is -2.32. The molecule has 3 heterocycles. The highest BCUT2D eigenvalue weighted by Crippen LogP contribution is 2.26. The van der Waals surface area contributed by atoms with Gasteiger partial charge in [-0.15, -0.1) is 11.3 Å². The van der Waals surface area contributed by atoms with Gasteiger partial charge in [-0.25, -0.2) is 0 Å². The monoisotopic (exact) mass is 351 g/mol. The van der Waals surface area contributed by atoms with Crippen molar-refractivity contribution in [1.82, 2.24) is 4.98 Å². The van der Waals surface area contributed by atoms with Gasteiger partial charge in [-0.2, -0.15) is 0 Å². The van der Waals surface area contributed by atoms with Crippen molar-refractivity contribution in [2.75, 3.05) is 13.2 Å². The molecule has 0 N–H and O–H groups in total. The number of hydrogen-bond donors (Lipinski definition) is 0. The molecule has 1 fully saturated rings. The van der Waals surface area contributed by atoms with Crippen LogP contribution >= 0.6 is 27.3 Å². The zero-order valence-corrected chi connectivity index (χ0v) is 13.8. The van der Waals surface area contributed by atoms with Crippen molar-refractivity contribution in [3.63, 3.8) is 0 Å². The van der Waals surface area contributed by atoms with E-state index in [9.17, 15) is 0 Å². The summed E-state index contributed by atoms with van der Waals surface area (Å²) in [4.78, 5) is 5.54. The molecule has 2 aromatic rings. The first-order valence-corrected chi connectivity index (χ1v) is 8.09. The van der Waals surface area contributed by atoms with Crippen LogP contribution in [0.15, 0.2) is 34.9 Å². The van der Waals surface area contributed by atoms with Crippen LogP contribution in [0, 0.1) is 5.41 Å². The Morgan fingerprint density at radius 3 is 2.60 bits per heavy atom. The van der Waals surface area contributed by atoms with Crippen molar-refractivity contribution in [2.24, 2.45) is 5.41 Å². The van der Waals surface area contributed by atoms with Gasteiger partial charge in [0.05, 0.1) is 10.6 Å². The van der Waals surface area contributed by atoms with Crippen molar-refractivity contribution in [2.45, 2.75) is 13.8 Å². The molecule has 1 saturated heterocycles. The molecule has 0 unspecified atom stereocenters. The molecular weight excluding hydrogens is 337 g/mol. The molecule has 0 aromatic carbocycles. The minimum atomic E-state index is -0.239. The van der Waals surface area contributed by atoms with Crippen LogP contribution in [0.5, 0.6) is 0 Å². The van der Waals surface area contributed by atoms with Crippen LogP contribution in [0.4, 0.5) is 0 Å². The molecule has 104 valence electrons. The van der Waals surface area contributed by atoms with E-state index in [-0.39, 0.29) is 12.5 Å². The summed E-state index contributed by atoms with van der Waals surface area (Å²) in [6, 6.07) is 8.14. The number of halogens is 1. The van der Waals surface area contributed by atoms with Crippen molar-refractivity contribution in [3.8, 4) is 10.6 Å². The van der Waals surface area contributed by atoms with Gasteiger partial charge in [-0.1, -0.05) is 19.9 Å². The normalized spacial score (nSPS) is 18.2. The average molecular weight is 352 g/mol. The molecule has 6 heteroatoms. The molecule has 0 bridgehead atoms. The topological polar surface area (TPSA) is 31.4 Å². The van der Waals surface area contributed by atoms with Crippen LogP contribution < -0.4 is 4.78 Å². The summed E-state index contributed by atoms with van der Waals surface area (Å²) >= 11 is 5.07. The lowest BCUT2D eigenvalue weighted by molar-refractivity contribution is 0.0346. The summed E-state index contributed by atoms with van der Waals surface area (Å²) in [6.45, 7) is 5.74. The number of nitrogens with zero attached hydrogens (tertiary/aromatic N) is 1. The summed E-state index contributed by atoms with van der Waals surface area (Å²) in [7, 11) is -0.239. The Bertz CT molecular complexity index is 589. The second-order valence-corrected chi connectivity index (χ2v) is 7.71. The Labute approximate surface area is 131 Å². The Kier molecular flexibility index (Phi) is 3.99. The van der Waals surface area contributed by atoms with E-state index >= 15 is 0 Å². The third kappa shape index (κ3) is 3.14. The Morgan fingerprint density at radius 2 is 1.95 bits per heavy atom. The first kappa shape index (κ1) is 14.3. The van der Waals surface area contributed by atoms with Gasteiger partial charge >= 0.3 is 7.12 Å². The van der Waals surface area contributed by atoms with E-state index < -0.39 is 0 Å². The summed E-state index contributed by atoms with van der Waals surface area (Å²) < 4.78 is 13.7. The second-order valence-electron chi connectivity index (χ2n) is 5.68. The van der Waals surface area contributed by atoms with Crippen molar-refractivity contribution in [3.05, 3.63) is 34.9 Å². The van der Waals surface area contributed by atoms with Gasteiger partial charge in [-0.05, 0) is 34.1 Å². The molecule has 0 aliphatic carbocycles. The standard InChI is InChI=1S/C14H15BBrNO2S/c1-14(2)8-18-15(19-9-14)13-6-5-12(20-13)11-4-3-10(16)7-17-11/h3-7H,8-9H2,1-2H3. The maximum Gasteiger partial charge on any atom is 0.504 e. The highest BCUT2D eigenvalue weighted by atomic mass is 79.9. The van der Waals surface area contributed by atoms with E-state index in [1.54, 1.807) is 11.3 Å². The van der Waals surface area contributed by atoms with Gasteiger partial charge in [0, 0.05) is 34.1 Å².